The largest absolute Gasteiger partial charge is 0.397 e. The first-order chi connectivity index (χ1) is 10.2. The molecule has 114 valence electrons. The van der Waals surface area contributed by atoms with Crippen molar-refractivity contribution < 1.29 is 4.79 Å². The van der Waals surface area contributed by atoms with E-state index in [1.807, 2.05) is 23.1 Å². The normalized spacial score (nSPS) is 19.9. The zero-order chi connectivity index (χ0) is 14.7. The number of nitrogens with two attached hydrogens (primary N) is 1. The van der Waals surface area contributed by atoms with Crippen LogP contribution < -0.4 is 16.0 Å². The number of amides is 2. The summed E-state index contributed by atoms with van der Waals surface area (Å²) in [4.78, 5) is 18.1. The Kier molecular flexibility index (Phi) is 4.15. The molecular formula is C15H23N5O. The number of benzene rings is 1. The second-order valence-electron chi connectivity index (χ2n) is 5.61. The third-order valence-corrected chi connectivity index (χ3v) is 4.28. The molecule has 6 heteroatoms. The number of urea groups is 1. The topological polar surface area (TPSA) is 64.8 Å². The lowest BCUT2D eigenvalue weighted by atomic mass is 10.2. The number of rotatable bonds is 4. The predicted octanol–water partition coefficient (Wildman–Crippen LogP) is 0.416. The van der Waals surface area contributed by atoms with E-state index in [1.54, 1.807) is 0 Å². The number of piperazine rings is 1. The summed E-state index contributed by atoms with van der Waals surface area (Å²) in [6.07, 6.45) is 0. The second kappa shape index (κ2) is 6.22. The minimum Gasteiger partial charge on any atom is -0.397 e. The Morgan fingerprint density at radius 1 is 1.05 bits per heavy atom. The van der Waals surface area contributed by atoms with E-state index in [9.17, 15) is 4.79 Å². The van der Waals surface area contributed by atoms with E-state index < -0.39 is 0 Å². The summed E-state index contributed by atoms with van der Waals surface area (Å²) in [5.41, 5.74) is 8.02. The molecule has 0 saturated carbocycles. The molecule has 0 aliphatic carbocycles. The van der Waals surface area contributed by atoms with Gasteiger partial charge in [0, 0.05) is 52.4 Å². The molecule has 0 unspecified atom stereocenters. The van der Waals surface area contributed by atoms with Crippen LogP contribution in [0.1, 0.15) is 0 Å². The Balaban J connectivity index is 1.47. The van der Waals surface area contributed by atoms with Crippen molar-refractivity contribution in [3.8, 4) is 0 Å². The number of hydrogen-bond acceptors (Lipinski definition) is 4. The maximum Gasteiger partial charge on any atom is 0.317 e. The molecule has 21 heavy (non-hydrogen) atoms. The fraction of sp³-hybridized carbons (Fsp3) is 0.533. The Labute approximate surface area is 125 Å². The molecule has 2 saturated heterocycles. The second-order valence-corrected chi connectivity index (χ2v) is 5.61. The zero-order valence-corrected chi connectivity index (χ0v) is 12.3. The molecule has 1 aromatic rings. The first kappa shape index (κ1) is 14.0. The number of nitrogens with one attached hydrogen (secondary N) is 1. The highest BCUT2D eigenvalue weighted by Gasteiger charge is 2.22. The van der Waals surface area contributed by atoms with Crippen LogP contribution in [0.4, 0.5) is 16.2 Å². The van der Waals surface area contributed by atoms with Crippen LogP contribution in [-0.2, 0) is 0 Å². The number of carbonyl (C=O) groups excluding carboxylic acids is 1. The third-order valence-electron chi connectivity index (χ3n) is 4.28. The lowest BCUT2D eigenvalue weighted by Crippen LogP contribution is -2.48. The van der Waals surface area contributed by atoms with Gasteiger partial charge in [-0.25, -0.2) is 4.79 Å². The number of carbonyl (C=O) groups is 1. The van der Waals surface area contributed by atoms with Crippen molar-refractivity contribution in [1.82, 2.24) is 15.1 Å². The Bertz CT molecular complexity index is 499. The monoisotopic (exact) mass is 289 g/mol. The Morgan fingerprint density at radius 3 is 2.48 bits per heavy atom. The van der Waals surface area contributed by atoms with Crippen LogP contribution in [-0.4, -0.2) is 68.2 Å². The first-order valence-corrected chi connectivity index (χ1v) is 7.58. The highest BCUT2D eigenvalue weighted by atomic mass is 16.2. The number of hydrogen-bond donors (Lipinski definition) is 2. The smallest absolute Gasteiger partial charge is 0.317 e. The molecule has 0 aromatic heterocycles. The van der Waals surface area contributed by atoms with Gasteiger partial charge in [0.05, 0.1) is 11.4 Å². The van der Waals surface area contributed by atoms with Crippen molar-refractivity contribution in [1.29, 1.82) is 0 Å². The highest BCUT2D eigenvalue weighted by molar-refractivity contribution is 5.76. The fourth-order valence-electron chi connectivity index (χ4n) is 2.97. The molecule has 0 bridgehead atoms. The average molecular weight is 289 g/mol. The first-order valence-electron chi connectivity index (χ1n) is 7.58. The van der Waals surface area contributed by atoms with Gasteiger partial charge in [-0.15, -0.1) is 0 Å². The van der Waals surface area contributed by atoms with E-state index in [0.29, 0.717) is 0 Å². The molecule has 2 heterocycles. The van der Waals surface area contributed by atoms with Gasteiger partial charge < -0.3 is 20.9 Å². The molecule has 0 spiro atoms. The number of para-hydroxylation sites is 2. The van der Waals surface area contributed by atoms with Crippen molar-refractivity contribution >= 4 is 17.4 Å². The molecule has 0 radical (unpaired) electrons. The van der Waals surface area contributed by atoms with E-state index in [1.165, 1.54) is 0 Å². The lowest BCUT2D eigenvalue weighted by molar-refractivity contribution is 0.197. The maximum atomic E-state index is 11.5. The molecule has 3 N–H and O–H groups in total. The van der Waals surface area contributed by atoms with E-state index >= 15 is 0 Å². The molecule has 2 amide bonds. The van der Waals surface area contributed by atoms with E-state index in [0.717, 1.165) is 63.7 Å². The van der Waals surface area contributed by atoms with Crippen molar-refractivity contribution in [3.05, 3.63) is 24.3 Å². The quantitative estimate of drug-likeness (QED) is 0.788. The summed E-state index contributed by atoms with van der Waals surface area (Å²) in [6.45, 7) is 7.39. The molecule has 2 aliphatic rings. The van der Waals surface area contributed by atoms with E-state index in [4.69, 9.17) is 5.73 Å². The third kappa shape index (κ3) is 3.21. The lowest BCUT2D eigenvalue weighted by Gasteiger charge is -2.37. The summed E-state index contributed by atoms with van der Waals surface area (Å²) in [5.74, 6) is 0. The molecule has 6 nitrogen and oxygen atoms in total. The van der Waals surface area contributed by atoms with Gasteiger partial charge >= 0.3 is 6.03 Å². The molecular weight excluding hydrogens is 266 g/mol. The standard InChI is InChI=1S/C15H23N5O/c16-13-3-1-2-4-14(13)19-10-7-18(8-11-19)9-12-20-6-5-17-15(20)21/h1-4H,5-12,16H2,(H,17,21). The van der Waals surface area contributed by atoms with Gasteiger partial charge in [0.15, 0.2) is 0 Å². The van der Waals surface area contributed by atoms with Gasteiger partial charge in [-0.2, -0.15) is 0 Å². The van der Waals surface area contributed by atoms with Crippen molar-refractivity contribution in [3.63, 3.8) is 0 Å². The average Bonchev–Trinajstić information content (AvgIpc) is 2.92. The van der Waals surface area contributed by atoms with E-state index in [-0.39, 0.29) is 6.03 Å². The minimum absolute atomic E-state index is 0.0747. The van der Waals surface area contributed by atoms with E-state index in [2.05, 4.69) is 21.2 Å². The Morgan fingerprint density at radius 2 is 1.81 bits per heavy atom. The summed E-state index contributed by atoms with van der Waals surface area (Å²) < 4.78 is 0. The summed E-state index contributed by atoms with van der Waals surface area (Å²) in [5, 5.41) is 2.84. The van der Waals surface area contributed by atoms with Crippen LogP contribution in [0.2, 0.25) is 0 Å². The SMILES string of the molecule is Nc1ccccc1N1CCN(CCN2CCNC2=O)CC1. The van der Waals surface area contributed by atoms with Gasteiger partial charge in [-0.3, -0.25) is 4.90 Å². The summed E-state index contributed by atoms with van der Waals surface area (Å²) in [7, 11) is 0. The molecule has 0 atom stereocenters. The molecule has 2 aliphatic heterocycles. The predicted molar refractivity (Wildman–Crippen MR) is 84.5 cm³/mol. The van der Waals surface area contributed by atoms with Gasteiger partial charge in [0.2, 0.25) is 0 Å². The zero-order valence-electron chi connectivity index (χ0n) is 12.3. The van der Waals surface area contributed by atoms with Gasteiger partial charge in [-0.05, 0) is 12.1 Å². The Hall–Kier alpha value is -1.95. The molecule has 3 rings (SSSR count). The van der Waals surface area contributed by atoms with Crippen molar-refractivity contribution in [2.45, 2.75) is 0 Å². The number of nitrogen functional groups attached to an aromatic ring is 1. The van der Waals surface area contributed by atoms with Crippen molar-refractivity contribution in [2.24, 2.45) is 0 Å². The summed E-state index contributed by atoms with van der Waals surface area (Å²) >= 11 is 0. The highest BCUT2D eigenvalue weighted by Crippen LogP contribution is 2.23. The van der Waals surface area contributed by atoms with Crippen LogP contribution in [0.5, 0.6) is 0 Å². The maximum absolute atomic E-state index is 11.5. The van der Waals surface area contributed by atoms with Crippen LogP contribution >= 0.6 is 0 Å². The molecule has 1 aromatic carbocycles. The van der Waals surface area contributed by atoms with Crippen LogP contribution in [0.3, 0.4) is 0 Å². The number of nitrogens with zero attached hydrogens (tertiary/aromatic N) is 3. The van der Waals surface area contributed by atoms with Crippen LogP contribution in [0.25, 0.3) is 0 Å². The van der Waals surface area contributed by atoms with Crippen LogP contribution in [0.15, 0.2) is 24.3 Å². The van der Waals surface area contributed by atoms with Gasteiger partial charge in [-0.1, -0.05) is 12.1 Å². The van der Waals surface area contributed by atoms with Crippen molar-refractivity contribution in [2.75, 3.05) is 63.0 Å². The summed E-state index contributed by atoms with van der Waals surface area (Å²) in [6, 6.07) is 8.11. The van der Waals surface area contributed by atoms with Crippen LogP contribution in [0, 0.1) is 0 Å². The number of anilines is 2. The van der Waals surface area contributed by atoms with Gasteiger partial charge in [0.1, 0.15) is 0 Å². The minimum atomic E-state index is 0.0747. The fourth-order valence-corrected chi connectivity index (χ4v) is 2.97. The van der Waals surface area contributed by atoms with Gasteiger partial charge in [0.25, 0.3) is 0 Å². The molecule has 2 fully saturated rings.